The lowest BCUT2D eigenvalue weighted by Gasteiger charge is -2.01. The molecular formula is C9H17N. The molecule has 0 fully saturated rings. The van der Waals surface area contributed by atoms with Crippen molar-refractivity contribution in [2.75, 3.05) is 13.1 Å². The van der Waals surface area contributed by atoms with Crippen molar-refractivity contribution in [3.8, 4) is 0 Å². The number of unbranched alkanes of at least 4 members (excludes halogenated alkanes) is 1. The lowest BCUT2D eigenvalue weighted by molar-refractivity contribution is 0.689. The zero-order valence-corrected chi connectivity index (χ0v) is 6.82. The Kier molecular flexibility index (Phi) is 6.19. The van der Waals surface area contributed by atoms with Gasteiger partial charge < -0.3 is 5.32 Å². The van der Waals surface area contributed by atoms with Gasteiger partial charge in [0.25, 0.3) is 0 Å². The minimum absolute atomic E-state index is 0.942. The van der Waals surface area contributed by atoms with E-state index in [-0.39, 0.29) is 0 Å². The van der Waals surface area contributed by atoms with Crippen molar-refractivity contribution < 1.29 is 0 Å². The van der Waals surface area contributed by atoms with E-state index in [1.807, 2.05) is 13.0 Å². The van der Waals surface area contributed by atoms with Gasteiger partial charge in [-0.05, 0) is 26.3 Å². The molecule has 0 radical (unpaired) electrons. The molecule has 58 valence electrons. The summed E-state index contributed by atoms with van der Waals surface area (Å²) in [7, 11) is 0. The number of hydrogen-bond acceptors (Lipinski definition) is 1. The molecule has 0 aromatic rings. The molecule has 0 aliphatic heterocycles. The largest absolute Gasteiger partial charge is 0.313 e. The fourth-order valence-corrected chi connectivity index (χ4v) is 0.673. The Labute approximate surface area is 63.8 Å². The monoisotopic (exact) mass is 139 g/mol. The predicted molar refractivity (Wildman–Crippen MR) is 47.1 cm³/mol. The van der Waals surface area contributed by atoms with Gasteiger partial charge in [-0.25, -0.2) is 0 Å². The van der Waals surface area contributed by atoms with Crippen molar-refractivity contribution >= 4 is 0 Å². The van der Waals surface area contributed by atoms with Gasteiger partial charge in [0.15, 0.2) is 0 Å². The maximum atomic E-state index is 3.79. The fourth-order valence-electron chi connectivity index (χ4n) is 0.673. The zero-order chi connectivity index (χ0) is 7.82. The third kappa shape index (κ3) is 7.44. The molecule has 0 bridgehead atoms. The minimum Gasteiger partial charge on any atom is -0.313 e. The van der Waals surface area contributed by atoms with Crippen LogP contribution in [-0.4, -0.2) is 13.1 Å². The van der Waals surface area contributed by atoms with Crippen LogP contribution in [0, 0.1) is 0 Å². The third-order valence-electron chi connectivity index (χ3n) is 1.19. The first-order valence-corrected chi connectivity index (χ1v) is 3.73. The molecule has 0 atom stereocenters. The highest BCUT2D eigenvalue weighted by Gasteiger charge is 1.85. The van der Waals surface area contributed by atoms with Crippen molar-refractivity contribution in [1.29, 1.82) is 0 Å². The van der Waals surface area contributed by atoms with Gasteiger partial charge in [-0.15, -0.1) is 6.58 Å². The summed E-state index contributed by atoms with van der Waals surface area (Å²) >= 11 is 0. The molecule has 0 aliphatic carbocycles. The van der Waals surface area contributed by atoms with Crippen LogP contribution in [0.4, 0.5) is 0 Å². The minimum atomic E-state index is 0.942. The summed E-state index contributed by atoms with van der Waals surface area (Å²) in [5.41, 5.74) is 1.19. The van der Waals surface area contributed by atoms with E-state index in [0.717, 1.165) is 19.5 Å². The Morgan fingerprint density at radius 2 is 2.30 bits per heavy atom. The van der Waals surface area contributed by atoms with Gasteiger partial charge in [0, 0.05) is 6.54 Å². The highest BCUT2D eigenvalue weighted by atomic mass is 14.8. The molecule has 0 aliphatic rings. The molecule has 0 heterocycles. The van der Waals surface area contributed by atoms with Gasteiger partial charge in [-0.2, -0.15) is 0 Å². The van der Waals surface area contributed by atoms with Crippen LogP contribution in [0.5, 0.6) is 0 Å². The van der Waals surface area contributed by atoms with Crippen LogP contribution < -0.4 is 5.32 Å². The SMILES string of the molecule is C=CCCCNCC(=C)C. The number of allylic oxidation sites excluding steroid dienone is 1. The third-order valence-corrected chi connectivity index (χ3v) is 1.19. The van der Waals surface area contributed by atoms with Crippen molar-refractivity contribution in [2.24, 2.45) is 0 Å². The topological polar surface area (TPSA) is 12.0 Å². The molecule has 0 amide bonds. The van der Waals surface area contributed by atoms with E-state index in [9.17, 15) is 0 Å². The van der Waals surface area contributed by atoms with Gasteiger partial charge in [0.2, 0.25) is 0 Å². The standard InChI is InChI=1S/C9H17N/c1-4-5-6-7-10-8-9(2)3/h4,10H,1-2,5-8H2,3H3. The van der Waals surface area contributed by atoms with Crippen LogP contribution in [0.25, 0.3) is 0 Å². The highest BCUT2D eigenvalue weighted by molar-refractivity contribution is 4.90. The summed E-state index contributed by atoms with van der Waals surface area (Å²) in [6.07, 6.45) is 4.22. The first-order valence-electron chi connectivity index (χ1n) is 3.73. The van der Waals surface area contributed by atoms with E-state index in [2.05, 4.69) is 18.5 Å². The molecule has 0 spiro atoms. The Hall–Kier alpha value is -0.560. The Balaban J connectivity index is 2.90. The molecule has 0 unspecified atom stereocenters. The van der Waals surface area contributed by atoms with Crippen LogP contribution in [-0.2, 0) is 0 Å². The second-order valence-corrected chi connectivity index (χ2v) is 2.56. The van der Waals surface area contributed by atoms with E-state index < -0.39 is 0 Å². The maximum absolute atomic E-state index is 3.79. The summed E-state index contributed by atoms with van der Waals surface area (Å²) in [5, 5.41) is 3.27. The van der Waals surface area contributed by atoms with E-state index >= 15 is 0 Å². The van der Waals surface area contributed by atoms with Crippen LogP contribution in [0.15, 0.2) is 24.8 Å². The maximum Gasteiger partial charge on any atom is 0.0159 e. The highest BCUT2D eigenvalue weighted by Crippen LogP contribution is 1.87. The first kappa shape index (κ1) is 9.44. The van der Waals surface area contributed by atoms with Crippen LogP contribution in [0.2, 0.25) is 0 Å². The van der Waals surface area contributed by atoms with E-state index in [1.54, 1.807) is 0 Å². The molecule has 1 N–H and O–H groups in total. The summed E-state index contributed by atoms with van der Waals surface area (Å²) in [6.45, 7) is 11.5. The second-order valence-electron chi connectivity index (χ2n) is 2.56. The fraction of sp³-hybridized carbons (Fsp3) is 0.556. The van der Waals surface area contributed by atoms with E-state index in [0.29, 0.717) is 0 Å². The van der Waals surface area contributed by atoms with Gasteiger partial charge in [0.05, 0.1) is 0 Å². The second kappa shape index (κ2) is 6.56. The van der Waals surface area contributed by atoms with Crippen LogP contribution in [0.1, 0.15) is 19.8 Å². The average molecular weight is 139 g/mol. The summed E-state index contributed by atoms with van der Waals surface area (Å²) in [4.78, 5) is 0. The molecule has 0 rings (SSSR count). The summed E-state index contributed by atoms with van der Waals surface area (Å²) in [5.74, 6) is 0. The number of hydrogen-bond donors (Lipinski definition) is 1. The van der Waals surface area contributed by atoms with Gasteiger partial charge in [0.1, 0.15) is 0 Å². The van der Waals surface area contributed by atoms with E-state index in [4.69, 9.17) is 0 Å². The van der Waals surface area contributed by atoms with Gasteiger partial charge in [-0.1, -0.05) is 18.2 Å². The smallest absolute Gasteiger partial charge is 0.0159 e. The lowest BCUT2D eigenvalue weighted by atomic mass is 10.3. The van der Waals surface area contributed by atoms with Crippen molar-refractivity contribution in [3.63, 3.8) is 0 Å². The summed E-state index contributed by atoms with van der Waals surface area (Å²) < 4.78 is 0. The van der Waals surface area contributed by atoms with Crippen LogP contribution in [0.3, 0.4) is 0 Å². The van der Waals surface area contributed by atoms with Crippen molar-refractivity contribution in [1.82, 2.24) is 5.32 Å². The molecule has 0 aromatic heterocycles. The average Bonchev–Trinajstić information content (AvgIpc) is 1.87. The molecule has 10 heavy (non-hydrogen) atoms. The normalized spacial score (nSPS) is 9.30. The molecule has 1 nitrogen and oxygen atoms in total. The van der Waals surface area contributed by atoms with Crippen molar-refractivity contribution in [2.45, 2.75) is 19.8 Å². The molecule has 0 aromatic carbocycles. The predicted octanol–water partition coefficient (Wildman–Crippen LogP) is 2.12. The quantitative estimate of drug-likeness (QED) is 0.439. The first-order chi connectivity index (χ1) is 4.77. The van der Waals surface area contributed by atoms with Crippen molar-refractivity contribution in [3.05, 3.63) is 24.8 Å². The summed E-state index contributed by atoms with van der Waals surface area (Å²) in [6, 6.07) is 0. The number of rotatable bonds is 6. The lowest BCUT2D eigenvalue weighted by Crippen LogP contribution is -2.16. The molecule has 1 heteroatoms. The van der Waals surface area contributed by atoms with Gasteiger partial charge in [-0.3, -0.25) is 0 Å². The zero-order valence-electron chi connectivity index (χ0n) is 6.82. The molecule has 0 saturated heterocycles. The molecular weight excluding hydrogens is 122 g/mol. The Bertz CT molecular complexity index is 105. The van der Waals surface area contributed by atoms with Gasteiger partial charge >= 0.3 is 0 Å². The Morgan fingerprint density at radius 3 is 2.80 bits per heavy atom. The molecule has 0 saturated carbocycles. The van der Waals surface area contributed by atoms with E-state index in [1.165, 1.54) is 12.0 Å². The Morgan fingerprint density at radius 1 is 1.60 bits per heavy atom. The van der Waals surface area contributed by atoms with Crippen LogP contribution >= 0.6 is 0 Å². The number of nitrogens with one attached hydrogen (secondary N) is 1.